The zero-order valence-electron chi connectivity index (χ0n) is 7.31. The van der Waals surface area contributed by atoms with E-state index in [4.69, 9.17) is 10.2 Å². The molecule has 2 aromatic heterocycles. The molecule has 0 aliphatic carbocycles. The first-order valence-corrected chi connectivity index (χ1v) is 4.08. The van der Waals surface area contributed by atoms with E-state index in [1.807, 2.05) is 6.07 Å². The van der Waals surface area contributed by atoms with Crippen molar-refractivity contribution in [2.75, 3.05) is 0 Å². The summed E-state index contributed by atoms with van der Waals surface area (Å²) in [5, 5.41) is 0. The number of amides is 1. The van der Waals surface area contributed by atoms with E-state index in [0.717, 1.165) is 0 Å². The largest absolute Gasteiger partial charge is 0.462 e. The van der Waals surface area contributed by atoms with E-state index in [2.05, 4.69) is 4.98 Å². The van der Waals surface area contributed by atoms with Crippen LogP contribution in [-0.4, -0.2) is 10.9 Å². The average molecular weight is 188 g/mol. The van der Waals surface area contributed by atoms with Gasteiger partial charge < -0.3 is 10.2 Å². The van der Waals surface area contributed by atoms with Crippen LogP contribution in [-0.2, 0) is 0 Å². The minimum absolute atomic E-state index is 0.351. The maximum absolute atomic E-state index is 11.0. The fraction of sp³-hybridized carbons (Fsp3) is 0. The van der Waals surface area contributed by atoms with Crippen LogP contribution in [0.1, 0.15) is 10.4 Å². The molecular weight excluding hydrogens is 180 g/mol. The molecule has 14 heavy (non-hydrogen) atoms. The molecule has 2 aromatic rings. The molecule has 0 saturated carbocycles. The predicted molar refractivity (Wildman–Crippen MR) is 50.5 cm³/mol. The molecule has 0 atom stereocenters. The van der Waals surface area contributed by atoms with Crippen LogP contribution in [0, 0.1) is 0 Å². The summed E-state index contributed by atoms with van der Waals surface area (Å²) in [6.45, 7) is 0. The molecule has 0 saturated heterocycles. The van der Waals surface area contributed by atoms with Gasteiger partial charge in [0.25, 0.3) is 5.91 Å². The molecule has 70 valence electrons. The Bertz CT molecular complexity index is 448. The number of nitrogens with zero attached hydrogens (tertiary/aromatic N) is 1. The maximum atomic E-state index is 11.0. The summed E-state index contributed by atoms with van der Waals surface area (Å²) in [4.78, 5) is 15.1. The summed E-state index contributed by atoms with van der Waals surface area (Å²) in [5.41, 5.74) is 6.12. The summed E-state index contributed by atoms with van der Waals surface area (Å²) in [6, 6.07) is 6.89. The number of hydrogen-bond acceptors (Lipinski definition) is 3. The number of pyridine rings is 1. The second kappa shape index (κ2) is 3.33. The highest BCUT2D eigenvalue weighted by Gasteiger charge is 2.13. The molecule has 0 bridgehead atoms. The van der Waals surface area contributed by atoms with Gasteiger partial charge in [-0.25, -0.2) is 0 Å². The van der Waals surface area contributed by atoms with Gasteiger partial charge in [-0.15, -0.1) is 0 Å². The van der Waals surface area contributed by atoms with Gasteiger partial charge in [-0.1, -0.05) is 6.07 Å². The first kappa shape index (κ1) is 8.50. The molecule has 0 aromatic carbocycles. The number of nitrogens with two attached hydrogens (primary N) is 1. The van der Waals surface area contributed by atoms with E-state index >= 15 is 0 Å². The lowest BCUT2D eigenvalue weighted by atomic mass is 10.2. The number of rotatable bonds is 2. The standard InChI is InChI=1S/C10H8N2O2/c11-10(13)7-4-6-14-9(7)8-3-1-2-5-12-8/h1-6H,(H2,11,13). The van der Waals surface area contributed by atoms with Crippen LogP contribution in [0.3, 0.4) is 0 Å². The third-order valence-electron chi connectivity index (χ3n) is 1.83. The monoisotopic (exact) mass is 188 g/mol. The van der Waals surface area contributed by atoms with Crippen LogP contribution < -0.4 is 5.73 Å². The van der Waals surface area contributed by atoms with Crippen LogP contribution in [0.15, 0.2) is 41.1 Å². The topological polar surface area (TPSA) is 69.1 Å². The smallest absolute Gasteiger partial charge is 0.252 e. The molecule has 2 N–H and O–H groups in total. The van der Waals surface area contributed by atoms with Crippen molar-refractivity contribution in [3.05, 3.63) is 42.3 Å². The van der Waals surface area contributed by atoms with Crippen molar-refractivity contribution in [3.63, 3.8) is 0 Å². The zero-order chi connectivity index (χ0) is 9.97. The maximum Gasteiger partial charge on any atom is 0.252 e. The summed E-state index contributed by atoms with van der Waals surface area (Å²) in [7, 11) is 0. The minimum Gasteiger partial charge on any atom is -0.462 e. The lowest BCUT2D eigenvalue weighted by Gasteiger charge is -1.97. The molecule has 0 unspecified atom stereocenters. The molecule has 0 aliphatic rings. The van der Waals surface area contributed by atoms with E-state index in [-0.39, 0.29) is 0 Å². The Kier molecular flexibility index (Phi) is 2.02. The van der Waals surface area contributed by atoms with Gasteiger partial charge in [-0.3, -0.25) is 9.78 Å². The van der Waals surface area contributed by atoms with Crippen molar-refractivity contribution in [1.82, 2.24) is 4.98 Å². The fourth-order valence-corrected chi connectivity index (χ4v) is 1.20. The highest BCUT2D eigenvalue weighted by atomic mass is 16.3. The van der Waals surface area contributed by atoms with E-state index in [0.29, 0.717) is 17.0 Å². The molecule has 4 heteroatoms. The quantitative estimate of drug-likeness (QED) is 0.775. The Morgan fingerprint density at radius 2 is 2.21 bits per heavy atom. The van der Waals surface area contributed by atoms with Gasteiger partial charge in [0, 0.05) is 6.20 Å². The number of hydrogen-bond donors (Lipinski definition) is 1. The van der Waals surface area contributed by atoms with E-state index in [1.165, 1.54) is 12.3 Å². The molecule has 2 rings (SSSR count). The molecule has 0 spiro atoms. The van der Waals surface area contributed by atoms with Gasteiger partial charge in [-0.05, 0) is 18.2 Å². The number of carbonyl (C=O) groups excluding carboxylic acids is 1. The van der Waals surface area contributed by atoms with Crippen LogP contribution in [0.2, 0.25) is 0 Å². The van der Waals surface area contributed by atoms with Crippen molar-refractivity contribution >= 4 is 5.91 Å². The van der Waals surface area contributed by atoms with Crippen LogP contribution >= 0.6 is 0 Å². The molecular formula is C10H8N2O2. The van der Waals surface area contributed by atoms with Crippen molar-refractivity contribution in [3.8, 4) is 11.5 Å². The lowest BCUT2D eigenvalue weighted by molar-refractivity contribution is 0.100. The third-order valence-corrected chi connectivity index (χ3v) is 1.83. The number of primary amides is 1. The van der Waals surface area contributed by atoms with Gasteiger partial charge in [0.1, 0.15) is 5.69 Å². The fourth-order valence-electron chi connectivity index (χ4n) is 1.20. The number of furan rings is 1. The van der Waals surface area contributed by atoms with Crippen LogP contribution in [0.4, 0.5) is 0 Å². The second-order valence-electron chi connectivity index (χ2n) is 2.74. The first-order chi connectivity index (χ1) is 6.79. The average Bonchev–Trinajstić information content (AvgIpc) is 2.67. The summed E-state index contributed by atoms with van der Waals surface area (Å²) >= 11 is 0. The van der Waals surface area contributed by atoms with Crippen molar-refractivity contribution < 1.29 is 9.21 Å². The van der Waals surface area contributed by atoms with Crippen molar-refractivity contribution in [2.24, 2.45) is 5.73 Å². The Labute approximate surface area is 80.4 Å². The predicted octanol–water partition coefficient (Wildman–Crippen LogP) is 1.44. The summed E-state index contributed by atoms with van der Waals surface area (Å²) in [5.74, 6) is -0.0995. The Hall–Kier alpha value is -2.10. The lowest BCUT2D eigenvalue weighted by Crippen LogP contribution is -2.10. The Morgan fingerprint density at radius 3 is 2.86 bits per heavy atom. The zero-order valence-corrected chi connectivity index (χ0v) is 7.31. The second-order valence-corrected chi connectivity index (χ2v) is 2.74. The number of aromatic nitrogens is 1. The van der Waals surface area contributed by atoms with Crippen molar-refractivity contribution in [1.29, 1.82) is 0 Å². The molecule has 0 radical (unpaired) electrons. The van der Waals surface area contributed by atoms with Gasteiger partial charge in [-0.2, -0.15) is 0 Å². The SMILES string of the molecule is NC(=O)c1ccoc1-c1ccccn1. The molecule has 0 fully saturated rings. The van der Waals surface area contributed by atoms with Gasteiger partial charge in [0.15, 0.2) is 5.76 Å². The Morgan fingerprint density at radius 1 is 1.36 bits per heavy atom. The molecule has 1 amide bonds. The molecule has 4 nitrogen and oxygen atoms in total. The summed E-state index contributed by atoms with van der Waals surface area (Å²) < 4.78 is 5.15. The highest BCUT2D eigenvalue weighted by Crippen LogP contribution is 2.21. The normalized spacial score (nSPS) is 10.0. The van der Waals surface area contributed by atoms with E-state index in [9.17, 15) is 4.79 Å². The highest BCUT2D eigenvalue weighted by molar-refractivity contribution is 5.98. The van der Waals surface area contributed by atoms with Gasteiger partial charge in [0.05, 0.1) is 11.8 Å². The number of carbonyl (C=O) groups is 1. The van der Waals surface area contributed by atoms with E-state index in [1.54, 1.807) is 18.3 Å². The third kappa shape index (κ3) is 1.37. The first-order valence-electron chi connectivity index (χ1n) is 4.08. The van der Waals surface area contributed by atoms with Crippen LogP contribution in [0.5, 0.6) is 0 Å². The van der Waals surface area contributed by atoms with Gasteiger partial charge >= 0.3 is 0 Å². The summed E-state index contributed by atoms with van der Waals surface area (Å²) in [6.07, 6.45) is 3.05. The van der Waals surface area contributed by atoms with Gasteiger partial charge in [0.2, 0.25) is 0 Å². The van der Waals surface area contributed by atoms with Crippen molar-refractivity contribution in [2.45, 2.75) is 0 Å². The Balaban J connectivity index is 2.52. The van der Waals surface area contributed by atoms with E-state index < -0.39 is 5.91 Å². The minimum atomic E-state index is -0.514. The molecule has 0 aliphatic heterocycles. The molecule has 2 heterocycles. The van der Waals surface area contributed by atoms with Crippen LogP contribution in [0.25, 0.3) is 11.5 Å².